The highest BCUT2D eigenvalue weighted by Crippen LogP contribution is 2.37. The highest BCUT2D eigenvalue weighted by atomic mass is 15.1. The molecule has 45 heavy (non-hydrogen) atoms. The summed E-state index contributed by atoms with van der Waals surface area (Å²) in [5, 5.41) is 7.44. The average Bonchev–Trinajstić information content (AvgIpc) is 3.79. The third-order valence-electron chi connectivity index (χ3n) is 8.37. The largest absolute Gasteiger partial charge is 0.324 e. The highest BCUT2D eigenvalue weighted by Gasteiger charge is 2.22. The van der Waals surface area contributed by atoms with Gasteiger partial charge < -0.3 is 15.3 Å². The molecule has 2 aliphatic rings. The van der Waals surface area contributed by atoms with Crippen LogP contribution in [-0.2, 0) is 6.54 Å². The van der Waals surface area contributed by atoms with Gasteiger partial charge in [-0.3, -0.25) is 0 Å². The maximum Gasteiger partial charge on any atom is 0.164 e. The minimum Gasteiger partial charge on any atom is -0.324 e. The zero-order chi connectivity index (χ0) is 30.1. The van der Waals surface area contributed by atoms with E-state index in [1.165, 1.54) is 0 Å². The Bertz CT molecular complexity index is 2480. The SMILES string of the molecule is CC(C)NCc1cccc2c3nc4nc(nc5[nH]c(nc6nc(nc([nH]3)c12)-c1ccccc1-6)c1ccccc51)-c1ccccc1-4. The van der Waals surface area contributed by atoms with Gasteiger partial charge in [-0.1, -0.05) is 105 Å². The Morgan fingerprint density at radius 1 is 0.489 bits per heavy atom. The maximum absolute atomic E-state index is 5.18. The molecule has 3 aromatic heterocycles. The van der Waals surface area contributed by atoms with Crippen LogP contribution in [0.3, 0.4) is 0 Å². The first kappa shape index (κ1) is 25.7. The molecule has 9 rings (SSSR count). The Labute approximate surface area is 257 Å². The topological polar surface area (TPSA) is 121 Å². The van der Waals surface area contributed by atoms with E-state index in [1.807, 2.05) is 72.8 Å². The minimum atomic E-state index is 0.328. The molecule has 9 heteroatoms. The highest BCUT2D eigenvalue weighted by molar-refractivity contribution is 6.07. The molecule has 8 bridgehead atoms. The van der Waals surface area contributed by atoms with Crippen LogP contribution >= 0.6 is 0 Å². The Kier molecular flexibility index (Phi) is 5.63. The second-order valence-electron chi connectivity index (χ2n) is 11.6. The number of benzene rings is 4. The van der Waals surface area contributed by atoms with Gasteiger partial charge in [0.25, 0.3) is 0 Å². The van der Waals surface area contributed by atoms with Crippen molar-refractivity contribution in [3.63, 3.8) is 0 Å². The summed E-state index contributed by atoms with van der Waals surface area (Å²) in [6.45, 7) is 4.98. The molecule has 0 amide bonds. The van der Waals surface area contributed by atoms with E-state index in [0.29, 0.717) is 58.5 Å². The van der Waals surface area contributed by atoms with Crippen molar-refractivity contribution in [2.45, 2.75) is 26.4 Å². The molecular formula is C36H27N9. The van der Waals surface area contributed by atoms with Crippen LogP contribution in [0, 0.1) is 0 Å². The number of rotatable bonds is 3. The van der Waals surface area contributed by atoms with Gasteiger partial charge in [0.05, 0.1) is 0 Å². The van der Waals surface area contributed by atoms with E-state index in [2.05, 4.69) is 47.3 Å². The van der Waals surface area contributed by atoms with Gasteiger partial charge in [-0.25, -0.2) is 29.9 Å². The number of nitrogens with zero attached hydrogens (tertiary/aromatic N) is 6. The van der Waals surface area contributed by atoms with E-state index in [-0.39, 0.29) is 0 Å². The summed E-state index contributed by atoms with van der Waals surface area (Å²) in [4.78, 5) is 37.4. The van der Waals surface area contributed by atoms with Crippen LogP contribution in [0.1, 0.15) is 19.4 Å². The summed E-state index contributed by atoms with van der Waals surface area (Å²) >= 11 is 0. The summed E-state index contributed by atoms with van der Waals surface area (Å²) < 4.78 is 0. The van der Waals surface area contributed by atoms with Gasteiger partial charge in [-0.2, -0.15) is 0 Å². The number of hydrogen-bond donors (Lipinski definition) is 3. The predicted molar refractivity (Wildman–Crippen MR) is 178 cm³/mol. The first-order valence-electron chi connectivity index (χ1n) is 15.1. The van der Waals surface area contributed by atoms with Gasteiger partial charge >= 0.3 is 0 Å². The van der Waals surface area contributed by atoms with Crippen molar-refractivity contribution in [3.8, 4) is 45.6 Å². The van der Waals surface area contributed by atoms with Gasteiger partial charge in [0.15, 0.2) is 23.3 Å². The lowest BCUT2D eigenvalue weighted by Gasteiger charge is -2.09. The first-order valence-corrected chi connectivity index (χ1v) is 15.1. The standard InChI is InChI=1S/C36H27N9/c1-19(2)37-18-20-10-9-17-27-28(20)36-44-34-26-16-8-7-15-25(26)32(42-34)40-30-22-12-4-3-11-21(22)29(38-30)39-31-23-13-5-6-14-24(23)33(41-31)43-35(27)45-36/h3-17,19,37H,18H2,1-2H3,(H2,38,39,40,41,42,43,44,45). The van der Waals surface area contributed by atoms with Gasteiger partial charge in [0, 0.05) is 56.4 Å². The number of H-pyrrole nitrogens is 2. The van der Waals surface area contributed by atoms with Gasteiger partial charge in [0.1, 0.15) is 22.6 Å². The molecule has 216 valence electrons. The zero-order valence-electron chi connectivity index (χ0n) is 24.6. The van der Waals surface area contributed by atoms with E-state index >= 15 is 0 Å². The fraction of sp³-hybridized carbons (Fsp3) is 0.111. The molecule has 3 N–H and O–H groups in total. The molecule has 0 saturated heterocycles. The third kappa shape index (κ3) is 4.12. The van der Waals surface area contributed by atoms with Crippen LogP contribution in [0.2, 0.25) is 0 Å². The molecule has 7 aromatic rings. The number of aromatic nitrogens is 8. The average molecular weight is 586 g/mol. The molecule has 0 unspecified atom stereocenters. The summed E-state index contributed by atoms with van der Waals surface area (Å²) in [5.74, 6) is 2.38. The van der Waals surface area contributed by atoms with Crippen molar-refractivity contribution in [2.75, 3.05) is 0 Å². The van der Waals surface area contributed by atoms with Crippen molar-refractivity contribution in [1.82, 2.24) is 45.2 Å². The van der Waals surface area contributed by atoms with Gasteiger partial charge in [0.2, 0.25) is 0 Å². The predicted octanol–water partition coefficient (Wildman–Crippen LogP) is 7.37. The normalized spacial score (nSPS) is 12.2. The van der Waals surface area contributed by atoms with Crippen LogP contribution < -0.4 is 5.32 Å². The lowest BCUT2D eigenvalue weighted by molar-refractivity contribution is 0.591. The Balaban J connectivity index is 1.47. The maximum atomic E-state index is 5.18. The van der Waals surface area contributed by atoms with Crippen LogP contribution in [0.5, 0.6) is 0 Å². The fourth-order valence-corrected chi connectivity index (χ4v) is 6.22. The van der Waals surface area contributed by atoms with Crippen LogP contribution in [0.25, 0.3) is 89.7 Å². The monoisotopic (exact) mass is 585 g/mol. The van der Waals surface area contributed by atoms with Crippen LogP contribution in [0.4, 0.5) is 0 Å². The zero-order valence-corrected chi connectivity index (χ0v) is 24.6. The molecule has 0 fully saturated rings. The molecule has 5 heterocycles. The Hall–Kier alpha value is -5.80. The third-order valence-corrected chi connectivity index (χ3v) is 8.37. The summed E-state index contributed by atoms with van der Waals surface area (Å²) in [6.07, 6.45) is 0. The molecule has 0 spiro atoms. The van der Waals surface area contributed by atoms with Crippen LogP contribution in [-0.4, -0.2) is 45.9 Å². The smallest absolute Gasteiger partial charge is 0.164 e. The van der Waals surface area contributed by atoms with Crippen LogP contribution in [0.15, 0.2) is 91.0 Å². The quantitative estimate of drug-likeness (QED) is 0.198. The van der Waals surface area contributed by atoms with E-state index in [4.69, 9.17) is 29.9 Å². The van der Waals surface area contributed by atoms with E-state index in [1.54, 1.807) is 0 Å². The van der Waals surface area contributed by atoms with Crippen molar-refractivity contribution >= 4 is 44.1 Å². The second kappa shape index (κ2) is 9.87. The van der Waals surface area contributed by atoms with Crippen molar-refractivity contribution in [2.24, 2.45) is 0 Å². The van der Waals surface area contributed by atoms with Crippen molar-refractivity contribution in [1.29, 1.82) is 0 Å². The molecule has 0 saturated carbocycles. The molecule has 9 nitrogen and oxygen atoms in total. The fourth-order valence-electron chi connectivity index (χ4n) is 6.22. The molecule has 0 atom stereocenters. The molecule has 4 aromatic carbocycles. The van der Waals surface area contributed by atoms with Gasteiger partial charge in [-0.15, -0.1) is 0 Å². The van der Waals surface area contributed by atoms with E-state index in [9.17, 15) is 0 Å². The summed E-state index contributed by atoms with van der Waals surface area (Å²) in [5.41, 5.74) is 7.56. The molecule has 0 aliphatic carbocycles. The lowest BCUT2D eigenvalue weighted by atomic mass is 10.1. The minimum absolute atomic E-state index is 0.328. The van der Waals surface area contributed by atoms with Crippen molar-refractivity contribution in [3.05, 3.63) is 96.6 Å². The summed E-state index contributed by atoms with van der Waals surface area (Å²) in [6, 6.07) is 30.9. The van der Waals surface area contributed by atoms with Crippen molar-refractivity contribution < 1.29 is 0 Å². The lowest BCUT2D eigenvalue weighted by Crippen LogP contribution is -2.21. The number of nitrogens with one attached hydrogen (secondary N) is 3. The summed E-state index contributed by atoms with van der Waals surface area (Å²) in [7, 11) is 0. The Morgan fingerprint density at radius 2 is 0.911 bits per heavy atom. The number of fused-ring (bicyclic) bond motifs is 20. The molecule has 0 radical (unpaired) electrons. The second-order valence-corrected chi connectivity index (χ2v) is 11.6. The molecular weight excluding hydrogens is 558 g/mol. The van der Waals surface area contributed by atoms with E-state index in [0.717, 1.165) is 49.4 Å². The molecule has 2 aliphatic heterocycles. The number of aromatic amines is 2. The Morgan fingerprint density at radius 3 is 1.42 bits per heavy atom. The first-order chi connectivity index (χ1) is 22.1. The number of hydrogen-bond acceptors (Lipinski definition) is 7. The van der Waals surface area contributed by atoms with E-state index < -0.39 is 0 Å². The van der Waals surface area contributed by atoms with Gasteiger partial charge in [-0.05, 0) is 5.56 Å².